The SMILES string of the molecule is CN(C)C(C)(C)CNC1=NCCCC1. The lowest BCUT2D eigenvalue weighted by Gasteiger charge is -2.33. The molecule has 0 unspecified atom stereocenters. The molecule has 1 rings (SSSR count). The van der Waals surface area contributed by atoms with Gasteiger partial charge in [-0.3, -0.25) is 4.99 Å². The zero-order chi connectivity index (χ0) is 10.6. The molecule has 0 radical (unpaired) electrons. The van der Waals surface area contributed by atoms with E-state index in [1.54, 1.807) is 0 Å². The molecule has 0 aliphatic carbocycles. The van der Waals surface area contributed by atoms with Crippen LogP contribution in [0.5, 0.6) is 0 Å². The van der Waals surface area contributed by atoms with Gasteiger partial charge in [0.1, 0.15) is 0 Å². The monoisotopic (exact) mass is 197 g/mol. The second-order valence-electron chi connectivity index (χ2n) is 4.85. The summed E-state index contributed by atoms with van der Waals surface area (Å²) < 4.78 is 0. The van der Waals surface area contributed by atoms with Gasteiger partial charge >= 0.3 is 0 Å². The number of rotatable bonds is 3. The highest BCUT2D eigenvalue weighted by Gasteiger charge is 2.20. The molecule has 0 aromatic heterocycles. The number of aliphatic imine (C=N–C) groups is 1. The van der Waals surface area contributed by atoms with Crippen molar-refractivity contribution in [1.29, 1.82) is 0 Å². The Hall–Kier alpha value is -0.570. The fraction of sp³-hybridized carbons (Fsp3) is 0.909. The van der Waals surface area contributed by atoms with Crippen LogP contribution in [0.1, 0.15) is 33.1 Å². The molecule has 0 aromatic carbocycles. The van der Waals surface area contributed by atoms with Gasteiger partial charge in [0.05, 0.1) is 5.84 Å². The molecule has 1 heterocycles. The lowest BCUT2D eigenvalue weighted by atomic mass is 10.0. The average molecular weight is 197 g/mol. The minimum Gasteiger partial charge on any atom is -0.372 e. The van der Waals surface area contributed by atoms with Crippen molar-refractivity contribution in [2.24, 2.45) is 4.99 Å². The van der Waals surface area contributed by atoms with Crippen LogP contribution in [0.4, 0.5) is 0 Å². The van der Waals surface area contributed by atoms with Crippen LogP contribution in [0, 0.1) is 0 Å². The highest BCUT2D eigenvalue weighted by Crippen LogP contribution is 2.09. The van der Waals surface area contributed by atoms with E-state index in [2.05, 4.69) is 43.2 Å². The van der Waals surface area contributed by atoms with Crippen LogP contribution in [0.3, 0.4) is 0 Å². The van der Waals surface area contributed by atoms with E-state index in [0.717, 1.165) is 19.5 Å². The molecule has 1 aliphatic rings. The first kappa shape index (κ1) is 11.5. The molecule has 1 aliphatic heterocycles. The van der Waals surface area contributed by atoms with Crippen molar-refractivity contribution < 1.29 is 0 Å². The molecule has 3 nitrogen and oxygen atoms in total. The van der Waals surface area contributed by atoms with E-state index in [0.29, 0.717) is 0 Å². The molecule has 0 aromatic rings. The number of likely N-dealkylation sites (N-methyl/N-ethyl adjacent to an activating group) is 1. The van der Waals surface area contributed by atoms with Crippen molar-refractivity contribution >= 4 is 5.84 Å². The van der Waals surface area contributed by atoms with E-state index >= 15 is 0 Å². The molecule has 82 valence electrons. The normalized spacial score (nSPS) is 18.2. The Morgan fingerprint density at radius 2 is 2.07 bits per heavy atom. The predicted molar refractivity (Wildman–Crippen MR) is 61.9 cm³/mol. The number of hydrogen-bond donors (Lipinski definition) is 1. The molecular formula is C11H23N3. The summed E-state index contributed by atoms with van der Waals surface area (Å²) in [6, 6.07) is 0. The molecule has 0 saturated carbocycles. The summed E-state index contributed by atoms with van der Waals surface area (Å²) in [6.07, 6.45) is 3.67. The molecule has 3 heteroatoms. The molecular weight excluding hydrogens is 174 g/mol. The molecule has 0 fully saturated rings. The largest absolute Gasteiger partial charge is 0.372 e. The smallest absolute Gasteiger partial charge is 0.0963 e. The Bertz CT molecular complexity index is 207. The maximum atomic E-state index is 4.48. The van der Waals surface area contributed by atoms with Gasteiger partial charge in [-0.25, -0.2) is 0 Å². The maximum Gasteiger partial charge on any atom is 0.0963 e. The van der Waals surface area contributed by atoms with Gasteiger partial charge in [-0.05, 0) is 40.8 Å². The van der Waals surface area contributed by atoms with Crippen LogP contribution < -0.4 is 5.32 Å². The van der Waals surface area contributed by atoms with Crippen LogP contribution in [-0.2, 0) is 0 Å². The molecule has 0 spiro atoms. The standard InChI is InChI=1S/C11H23N3/c1-11(2,14(3)4)9-13-10-7-5-6-8-12-10/h5-9H2,1-4H3,(H,12,13). The van der Waals surface area contributed by atoms with Gasteiger partial charge in [-0.1, -0.05) is 0 Å². The summed E-state index contributed by atoms with van der Waals surface area (Å²) in [4.78, 5) is 6.72. The fourth-order valence-electron chi connectivity index (χ4n) is 1.32. The first-order valence-corrected chi connectivity index (χ1v) is 5.47. The molecule has 0 bridgehead atoms. The van der Waals surface area contributed by atoms with Crippen LogP contribution in [-0.4, -0.2) is 43.5 Å². The number of amidine groups is 1. The van der Waals surface area contributed by atoms with Gasteiger partial charge in [-0.15, -0.1) is 0 Å². The van der Waals surface area contributed by atoms with Crippen LogP contribution >= 0.6 is 0 Å². The maximum absolute atomic E-state index is 4.48. The van der Waals surface area contributed by atoms with Gasteiger partial charge in [0.15, 0.2) is 0 Å². The first-order valence-electron chi connectivity index (χ1n) is 5.47. The zero-order valence-corrected chi connectivity index (χ0v) is 9.93. The van der Waals surface area contributed by atoms with E-state index in [9.17, 15) is 0 Å². The zero-order valence-electron chi connectivity index (χ0n) is 9.93. The van der Waals surface area contributed by atoms with Crippen molar-refractivity contribution in [1.82, 2.24) is 10.2 Å². The summed E-state index contributed by atoms with van der Waals surface area (Å²) in [6.45, 7) is 6.45. The van der Waals surface area contributed by atoms with Gasteiger partial charge in [-0.2, -0.15) is 0 Å². The van der Waals surface area contributed by atoms with Gasteiger partial charge in [0.25, 0.3) is 0 Å². The second-order valence-corrected chi connectivity index (χ2v) is 4.85. The Morgan fingerprint density at radius 1 is 1.36 bits per heavy atom. The van der Waals surface area contributed by atoms with Gasteiger partial charge < -0.3 is 10.2 Å². The van der Waals surface area contributed by atoms with E-state index in [4.69, 9.17) is 0 Å². The van der Waals surface area contributed by atoms with Crippen LogP contribution in [0.2, 0.25) is 0 Å². The number of hydrogen-bond acceptors (Lipinski definition) is 3. The van der Waals surface area contributed by atoms with Crippen LogP contribution in [0.15, 0.2) is 4.99 Å². The third-order valence-corrected chi connectivity index (χ3v) is 3.06. The summed E-state index contributed by atoms with van der Waals surface area (Å²) in [5.41, 5.74) is 0.194. The molecule has 0 atom stereocenters. The summed E-state index contributed by atoms with van der Waals surface area (Å²) in [5.74, 6) is 1.20. The molecule has 1 N–H and O–H groups in total. The van der Waals surface area contributed by atoms with Crippen molar-refractivity contribution in [3.8, 4) is 0 Å². The summed E-state index contributed by atoms with van der Waals surface area (Å²) >= 11 is 0. The van der Waals surface area contributed by atoms with Crippen molar-refractivity contribution in [2.75, 3.05) is 27.2 Å². The molecule has 14 heavy (non-hydrogen) atoms. The highest BCUT2D eigenvalue weighted by molar-refractivity contribution is 5.82. The Balaban J connectivity index is 2.35. The van der Waals surface area contributed by atoms with Crippen molar-refractivity contribution in [2.45, 2.75) is 38.6 Å². The van der Waals surface area contributed by atoms with E-state index < -0.39 is 0 Å². The third-order valence-electron chi connectivity index (χ3n) is 3.06. The summed E-state index contributed by atoms with van der Waals surface area (Å²) in [7, 11) is 4.23. The highest BCUT2D eigenvalue weighted by atomic mass is 15.2. The molecule has 0 saturated heterocycles. The first-order chi connectivity index (χ1) is 6.52. The van der Waals surface area contributed by atoms with Gasteiger partial charge in [0, 0.05) is 25.0 Å². The lowest BCUT2D eigenvalue weighted by molar-refractivity contribution is 0.197. The Labute approximate surface area is 87.6 Å². The fourth-order valence-corrected chi connectivity index (χ4v) is 1.32. The topological polar surface area (TPSA) is 27.6 Å². The molecule has 0 amide bonds. The van der Waals surface area contributed by atoms with Crippen molar-refractivity contribution in [3.05, 3.63) is 0 Å². The minimum absolute atomic E-state index is 0.194. The van der Waals surface area contributed by atoms with Crippen molar-refractivity contribution in [3.63, 3.8) is 0 Å². The Kier molecular flexibility index (Phi) is 3.93. The summed E-state index contributed by atoms with van der Waals surface area (Å²) in [5, 5.41) is 3.45. The number of nitrogens with one attached hydrogen (secondary N) is 1. The second kappa shape index (κ2) is 4.78. The van der Waals surface area contributed by atoms with E-state index in [1.165, 1.54) is 18.7 Å². The van der Waals surface area contributed by atoms with Gasteiger partial charge in [0.2, 0.25) is 0 Å². The predicted octanol–water partition coefficient (Wildman–Crippen LogP) is 1.50. The van der Waals surface area contributed by atoms with Crippen LogP contribution in [0.25, 0.3) is 0 Å². The van der Waals surface area contributed by atoms with E-state index in [-0.39, 0.29) is 5.54 Å². The lowest BCUT2D eigenvalue weighted by Crippen LogP contribution is -2.48. The average Bonchev–Trinajstić information content (AvgIpc) is 2.16. The third kappa shape index (κ3) is 3.29. The van der Waals surface area contributed by atoms with E-state index in [1.807, 2.05) is 0 Å². The quantitative estimate of drug-likeness (QED) is 0.742. The number of nitrogens with zero attached hydrogens (tertiary/aromatic N) is 2. The minimum atomic E-state index is 0.194. The Morgan fingerprint density at radius 3 is 2.57 bits per heavy atom.